The minimum Gasteiger partial charge on any atom is -0.481 e. The van der Waals surface area contributed by atoms with Gasteiger partial charge in [-0.15, -0.1) is 0 Å². The van der Waals surface area contributed by atoms with E-state index in [1.807, 2.05) is 0 Å². The van der Waals surface area contributed by atoms with Gasteiger partial charge in [-0.05, 0) is 25.8 Å². The molecule has 2 rings (SSSR count). The van der Waals surface area contributed by atoms with Crippen LogP contribution in [0.4, 0.5) is 11.5 Å². The molecular weight excluding hydrogens is 250 g/mol. The lowest BCUT2D eigenvalue weighted by Crippen LogP contribution is -2.32. The molecule has 1 N–H and O–H groups in total. The van der Waals surface area contributed by atoms with Crippen LogP contribution in [-0.2, 0) is 4.79 Å². The molecule has 1 aromatic rings. The van der Waals surface area contributed by atoms with Crippen LogP contribution in [0, 0.1) is 22.5 Å². The molecule has 0 saturated carbocycles. The Labute approximate surface area is 110 Å². The lowest BCUT2D eigenvalue weighted by Gasteiger charge is -2.20. The van der Waals surface area contributed by atoms with Crippen molar-refractivity contribution in [3.8, 4) is 0 Å². The summed E-state index contributed by atoms with van der Waals surface area (Å²) >= 11 is 0. The lowest BCUT2D eigenvalue weighted by molar-refractivity contribution is -0.384. The minimum atomic E-state index is -0.884. The van der Waals surface area contributed by atoms with Crippen molar-refractivity contribution in [1.82, 2.24) is 4.98 Å². The van der Waals surface area contributed by atoms with Gasteiger partial charge in [0, 0.05) is 25.4 Å². The largest absolute Gasteiger partial charge is 0.481 e. The molecule has 7 nitrogen and oxygen atoms in total. The summed E-state index contributed by atoms with van der Waals surface area (Å²) in [6, 6.07) is 1.46. The first-order valence-corrected chi connectivity index (χ1v) is 5.93. The minimum absolute atomic E-state index is 0.0744. The fraction of sp³-hybridized carbons (Fsp3) is 0.500. The normalized spacial score (nSPS) is 22.5. The van der Waals surface area contributed by atoms with Crippen LogP contribution in [0.25, 0.3) is 0 Å². The topological polar surface area (TPSA) is 96.6 Å². The number of carboxylic acids is 1. The van der Waals surface area contributed by atoms with Crippen LogP contribution in [0.1, 0.15) is 18.9 Å². The summed E-state index contributed by atoms with van der Waals surface area (Å²) < 4.78 is 0. The third kappa shape index (κ3) is 2.35. The van der Waals surface area contributed by atoms with Crippen LogP contribution >= 0.6 is 0 Å². The molecule has 2 heterocycles. The van der Waals surface area contributed by atoms with Crippen molar-refractivity contribution in [3.63, 3.8) is 0 Å². The van der Waals surface area contributed by atoms with E-state index in [-0.39, 0.29) is 18.1 Å². The van der Waals surface area contributed by atoms with E-state index in [9.17, 15) is 20.0 Å². The van der Waals surface area contributed by atoms with Crippen LogP contribution in [0.3, 0.4) is 0 Å². The van der Waals surface area contributed by atoms with Crippen molar-refractivity contribution in [1.29, 1.82) is 0 Å². The predicted molar refractivity (Wildman–Crippen MR) is 68.2 cm³/mol. The zero-order chi connectivity index (χ0) is 14.2. The third-order valence-electron chi connectivity index (χ3n) is 3.47. The highest BCUT2D eigenvalue weighted by atomic mass is 16.6. The average Bonchev–Trinajstić information content (AvgIpc) is 2.73. The summed E-state index contributed by atoms with van der Waals surface area (Å²) in [4.78, 5) is 27.5. The average molecular weight is 265 g/mol. The highest BCUT2D eigenvalue weighted by molar-refractivity contribution is 5.76. The smallest absolute Gasteiger partial charge is 0.311 e. The molecule has 1 atom stereocenters. The Hall–Kier alpha value is -2.18. The maximum Gasteiger partial charge on any atom is 0.311 e. The van der Waals surface area contributed by atoms with Crippen molar-refractivity contribution in [2.24, 2.45) is 5.41 Å². The predicted octanol–water partition coefficient (Wildman–Crippen LogP) is 1.60. The number of rotatable bonds is 3. The zero-order valence-electron chi connectivity index (χ0n) is 10.8. The molecule has 1 fully saturated rings. The summed E-state index contributed by atoms with van der Waals surface area (Å²) in [5.74, 6) is -0.634. The van der Waals surface area contributed by atoms with E-state index in [0.29, 0.717) is 18.5 Å². The zero-order valence-corrected chi connectivity index (χ0v) is 10.8. The number of carboxylic acid groups (broad SMARTS) is 1. The summed E-state index contributed by atoms with van der Waals surface area (Å²) in [6.07, 6.45) is 2.01. The van der Waals surface area contributed by atoms with Crippen LogP contribution in [0.15, 0.2) is 12.3 Å². The van der Waals surface area contributed by atoms with Crippen molar-refractivity contribution in [3.05, 3.63) is 27.9 Å². The third-order valence-corrected chi connectivity index (χ3v) is 3.47. The van der Waals surface area contributed by atoms with E-state index in [0.717, 1.165) is 0 Å². The Morgan fingerprint density at radius 1 is 1.63 bits per heavy atom. The fourth-order valence-corrected chi connectivity index (χ4v) is 2.24. The molecule has 19 heavy (non-hydrogen) atoms. The van der Waals surface area contributed by atoms with Gasteiger partial charge in [0.1, 0.15) is 0 Å². The number of aromatic nitrogens is 1. The molecule has 7 heteroatoms. The molecule has 1 aromatic heterocycles. The first-order chi connectivity index (χ1) is 8.83. The molecule has 0 amide bonds. The maximum absolute atomic E-state index is 11.2. The van der Waals surface area contributed by atoms with E-state index < -0.39 is 16.3 Å². The number of nitro groups is 1. The molecule has 1 aliphatic heterocycles. The molecule has 0 radical (unpaired) electrons. The van der Waals surface area contributed by atoms with Gasteiger partial charge in [0.15, 0.2) is 0 Å². The van der Waals surface area contributed by atoms with Crippen LogP contribution in [0.5, 0.6) is 0 Å². The standard InChI is InChI=1S/C12H15N3O4/c1-8-5-9(15(18)19)10(13-6-8)14-4-3-12(2,7-14)11(16)17/h5-6H,3-4,7H2,1-2H3,(H,16,17). The molecule has 102 valence electrons. The molecule has 1 aliphatic rings. The van der Waals surface area contributed by atoms with Crippen molar-refractivity contribution in [2.45, 2.75) is 20.3 Å². The number of nitrogens with zero attached hydrogens (tertiary/aromatic N) is 3. The van der Waals surface area contributed by atoms with E-state index >= 15 is 0 Å². The Morgan fingerprint density at radius 2 is 2.32 bits per heavy atom. The number of aliphatic carboxylic acids is 1. The van der Waals surface area contributed by atoms with Gasteiger partial charge in [0.2, 0.25) is 5.82 Å². The number of hydrogen-bond donors (Lipinski definition) is 1. The quantitative estimate of drug-likeness (QED) is 0.658. The van der Waals surface area contributed by atoms with E-state index in [1.54, 1.807) is 24.9 Å². The number of aryl methyl sites for hydroxylation is 1. The Kier molecular flexibility index (Phi) is 3.13. The Bertz CT molecular complexity index is 546. The van der Waals surface area contributed by atoms with Gasteiger partial charge >= 0.3 is 11.7 Å². The second kappa shape index (κ2) is 4.49. The number of anilines is 1. The monoisotopic (exact) mass is 265 g/mol. The summed E-state index contributed by atoms with van der Waals surface area (Å²) in [5.41, 5.74) is -0.245. The number of carbonyl (C=O) groups is 1. The van der Waals surface area contributed by atoms with Crippen LogP contribution in [-0.4, -0.2) is 34.1 Å². The van der Waals surface area contributed by atoms with Gasteiger partial charge < -0.3 is 10.0 Å². The Morgan fingerprint density at radius 3 is 2.84 bits per heavy atom. The molecule has 0 spiro atoms. The number of pyridine rings is 1. The first kappa shape index (κ1) is 13.3. The van der Waals surface area contributed by atoms with Gasteiger partial charge in [0.25, 0.3) is 0 Å². The summed E-state index contributed by atoms with van der Waals surface area (Å²) in [5, 5.41) is 20.2. The molecular formula is C12H15N3O4. The molecule has 0 bridgehead atoms. The summed E-state index contributed by atoms with van der Waals surface area (Å²) in [6.45, 7) is 4.07. The lowest BCUT2D eigenvalue weighted by atomic mass is 9.90. The van der Waals surface area contributed by atoms with Crippen molar-refractivity contribution >= 4 is 17.5 Å². The number of hydrogen-bond acceptors (Lipinski definition) is 5. The van der Waals surface area contributed by atoms with E-state index in [2.05, 4.69) is 4.98 Å². The van der Waals surface area contributed by atoms with Gasteiger partial charge in [-0.1, -0.05) is 0 Å². The molecule has 1 saturated heterocycles. The van der Waals surface area contributed by atoms with Crippen molar-refractivity contribution in [2.75, 3.05) is 18.0 Å². The van der Waals surface area contributed by atoms with Crippen molar-refractivity contribution < 1.29 is 14.8 Å². The fourth-order valence-electron chi connectivity index (χ4n) is 2.24. The second-order valence-electron chi connectivity index (χ2n) is 5.15. The highest BCUT2D eigenvalue weighted by Gasteiger charge is 2.42. The van der Waals surface area contributed by atoms with Gasteiger partial charge in [0.05, 0.1) is 10.3 Å². The van der Waals surface area contributed by atoms with Gasteiger partial charge in [-0.2, -0.15) is 0 Å². The molecule has 0 aromatic carbocycles. The van der Waals surface area contributed by atoms with E-state index in [4.69, 9.17) is 0 Å². The second-order valence-corrected chi connectivity index (χ2v) is 5.15. The van der Waals surface area contributed by atoms with Crippen LogP contribution < -0.4 is 4.90 Å². The summed E-state index contributed by atoms with van der Waals surface area (Å²) in [7, 11) is 0. The van der Waals surface area contributed by atoms with Gasteiger partial charge in [-0.3, -0.25) is 14.9 Å². The maximum atomic E-state index is 11.2. The Balaban J connectivity index is 2.34. The molecule has 0 aliphatic carbocycles. The van der Waals surface area contributed by atoms with Gasteiger partial charge in [-0.25, -0.2) is 4.98 Å². The molecule has 1 unspecified atom stereocenters. The van der Waals surface area contributed by atoms with Crippen LogP contribution in [0.2, 0.25) is 0 Å². The van der Waals surface area contributed by atoms with E-state index in [1.165, 1.54) is 6.07 Å². The SMILES string of the molecule is Cc1cnc(N2CCC(C)(C(=O)O)C2)c([N+](=O)[O-])c1. The highest BCUT2D eigenvalue weighted by Crippen LogP contribution is 2.36. The first-order valence-electron chi connectivity index (χ1n) is 5.93.